The van der Waals surface area contributed by atoms with E-state index in [0.717, 1.165) is 0 Å². The number of hydrogen-bond acceptors (Lipinski definition) is 0. The molecule has 0 saturated heterocycles. The third kappa shape index (κ3) is 1.82. The zero-order chi connectivity index (χ0) is 15.1. The van der Waals surface area contributed by atoms with Crippen LogP contribution in [0.3, 0.4) is 0 Å². The van der Waals surface area contributed by atoms with Crippen molar-refractivity contribution in [2.75, 3.05) is 0 Å². The number of benzene rings is 2. The number of rotatable bonds is 2. The number of pyridine rings is 1. The molecule has 0 fully saturated rings. The maximum Gasteiger partial charge on any atom is 0.214 e. The van der Waals surface area contributed by atoms with Crippen LogP contribution in [0.15, 0.2) is 79.5 Å². The zero-order valence-electron chi connectivity index (χ0n) is 12.7. The summed E-state index contributed by atoms with van der Waals surface area (Å²) in [6.07, 6.45) is 4.30. The van der Waals surface area contributed by atoms with E-state index in [0.29, 0.717) is 0 Å². The van der Waals surface area contributed by atoms with Gasteiger partial charge < -0.3 is 0 Å². The van der Waals surface area contributed by atoms with E-state index >= 15 is 0 Å². The normalized spacial score (nSPS) is 15.2. The molecule has 1 atom stereocenters. The number of nitrogens with zero attached hydrogens (tertiary/aromatic N) is 1. The van der Waals surface area contributed by atoms with Crippen molar-refractivity contribution < 1.29 is 4.57 Å². The molecule has 22 heavy (non-hydrogen) atoms. The summed E-state index contributed by atoms with van der Waals surface area (Å²) >= 11 is 0. The van der Waals surface area contributed by atoms with Gasteiger partial charge in [0.1, 0.15) is 0 Å². The third-order valence-electron chi connectivity index (χ3n) is 4.49. The van der Waals surface area contributed by atoms with Crippen LogP contribution in [-0.2, 0) is 0 Å². The van der Waals surface area contributed by atoms with Gasteiger partial charge in [0.05, 0.1) is 5.56 Å². The monoisotopic (exact) mass is 284 g/mol. The fourth-order valence-electron chi connectivity index (χ4n) is 3.41. The van der Waals surface area contributed by atoms with Crippen LogP contribution in [0.25, 0.3) is 22.4 Å². The van der Waals surface area contributed by atoms with Gasteiger partial charge in [0.25, 0.3) is 0 Å². The molecule has 0 spiro atoms. The summed E-state index contributed by atoms with van der Waals surface area (Å²) in [4.78, 5) is 0. The molecule has 1 aliphatic heterocycles. The van der Waals surface area contributed by atoms with Crippen molar-refractivity contribution in [1.82, 2.24) is 0 Å². The van der Waals surface area contributed by atoms with E-state index in [4.69, 9.17) is 0 Å². The lowest BCUT2D eigenvalue weighted by atomic mass is 10.0. The Kier molecular flexibility index (Phi) is 2.93. The number of allylic oxidation sites excluding steroid dienone is 1. The lowest BCUT2D eigenvalue weighted by Gasteiger charge is -2.08. The molecule has 3 aromatic rings. The Hall–Kier alpha value is -2.67. The van der Waals surface area contributed by atoms with E-state index in [-0.39, 0.29) is 6.04 Å². The summed E-state index contributed by atoms with van der Waals surface area (Å²) in [7, 11) is 0. The van der Waals surface area contributed by atoms with Crippen LogP contribution >= 0.6 is 0 Å². The highest BCUT2D eigenvalue weighted by Gasteiger charge is 2.34. The predicted molar refractivity (Wildman–Crippen MR) is 90.6 cm³/mol. The molecule has 106 valence electrons. The molecule has 2 heterocycles. The molecular formula is C21H18N+. The second kappa shape index (κ2) is 4.96. The van der Waals surface area contributed by atoms with Gasteiger partial charge in [0.2, 0.25) is 11.7 Å². The largest absolute Gasteiger partial charge is 0.214 e. The quantitative estimate of drug-likeness (QED) is 0.474. The number of fused-ring (bicyclic) bond motifs is 3. The van der Waals surface area contributed by atoms with Crippen LogP contribution in [0.1, 0.15) is 17.2 Å². The summed E-state index contributed by atoms with van der Waals surface area (Å²) < 4.78 is 2.34. The van der Waals surface area contributed by atoms with Crippen LogP contribution in [0.4, 0.5) is 0 Å². The van der Waals surface area contributed by atoms with Gasteiger partial charge >= 0.3 is 0 Å². The number of aryl methyl sites for hydroxylation is 1. The molecule has 1 nitrogen and oxygen atoms in total. The van der Waals surface area contributed by atoms with Gasteiger partial charge in [0.15, 0.2) is 6.20 Å². The second-order valence-electron chi connectivity index (χ2n) is 5.80. The molecule has 4 rings (SSSR count). The van der Waals surface area contributed by atoms with E-state index in [2.05, 4.69) is 84.9 Å². The second-order valence-corrected chi connectivity index (χ2v) is 5.80. The van der Waals surface area contributed by atoms with Gasteiger partial charge in [-0.1, -0.05) is 55.1 Å². The van der Waals surface area contributed by atoms with E-state index in [1.807, 2.05) is 6.08 Å². The highest BCUT2D eigenvalue weighted by molar-refractivity contribution is 5.71. The Morgan fingerprint density at radius 1 is 0.955 bits per heavy atom. The molecule has 0 bridgehead atoms. The summed E-state index contributed by atoms with van der Waals surface area (Å²) in [6, 6.07) is 21.7. The van der Waals surface area contributed by atoms with Crippen LogP contribution in [0, 0.1) is 6.92 Å². The van der Waals surface area contributed by atoms with Gasteiger partial charge in [0, 0.05) is 17.2 Å². The molecule has 0 N–H and O–H groups in total. The average molecular weight is 284 g/mol. The van der Waals surface area contributed by atoms with Crippen LogP contribution < -0.4 is 4.57 Å². The van der Waals surface area contributed by atoms with Gasteiger partial charge in [-0.25, -0.2) is 0 Å². The average Bonchev–Trinajstić information content (AvgIpc) is 2.88. The minimum absolute atomic E-state index is 0.217. The first kappa shape index (κ1) is 13.0. The molecule has 1 aliphatic rings. The molecule has 0 aliphatic carbocycles. The van der Waals surface area contributed by atoms with Crippen molar-refractivity contribution in [1.29, 1.82) is 0 Å². The van der Waals surface area contributed by atoms with E-state index in [1.54, 1.807) is 0 Å². The Morgan fingerprint density at radius 2 is 1.68 bits per heavy atom. The first-order valence-electron chi connectivity index (χ1n) is 7.62. The van der Waals surface area contributed by atoms with Crippen molar-refractivity contribution in [3.05, 3.63) is 90.6 Å². The van der Waals surface area contributed by atoms with E-state index < -0.39 is 0 Å². The summed E-state index contributed by atoms with van der Waals surface area (Å²) in [5, 5.41) is 0. The van der Waals surface area contributed by atoms with Gasteiger partial charge in [-0.2, -0.15) is 4.57 Å². The molecule has 1 heteroatoms. The Bertz CT molecular complexity index is 862. The third-order valence-corrected chi connectivity index (χ3v) is 4.49. The summed E-state index contributed by atoms with van der Waals surface area (Å²) in [5.74, 6) is 0. The number of hydrogen-bond donors (Lipinski definition) is 0. The highest BCUT2D eigenvalue weighted by Crippen LogP contribution is 2.36. The highest BCUT2D eigenvalue weighted by atomic mass is 15.0. The molecule has 1 unspecified atom stereocenters. The number of aromatic nitrogens is 1. The lowest BCUT2D eigenvalue weighted by molar-refractivity contribution is -0.686. The summed E-state index contributed by atoms with van der Waals surface area (Å²) in [6.45, 7) is 6.23. The smallest absolute Gasteiger partial charge is 0.187 e. The van der Waals surface area contributed by atoms with Crippen molar-refractivity contribution >= 4 is 0 Å². The molecule has 1 aromatic heterocycles. The van der Waals surface area contributed by atoms with Crippen molar-refractivity contribution in [3.8, 4) is 22.4 Å². The van der Waals surface area contributed by atoms with E-state index in [9.17, 15) is 0 Å². The van der Waals surface area contributed by atoms with Crippen LogP contribution in [0.5, 0.6) is 0 Å². The maximum atomic E-state index is 4.04. The molecular weight excluding hydrogens is 266 g/mol. The van der Waals surface area contributed by atoms with Crippen molar-refractivity contribution in [2.45, 2.75) is 13.0 Å². The molecule has 0 radical (unpaired) electrons. The van der Waals surface area contributed by atoms with E-state index in [1.165, 1.54) is 33.5 Å². The van der Waals surface area contributed by atoms with Crippen LogP contribution in [0.2, 0.25) is 0 Å². The Labute approximate surface area is 131 Å². The minimum Gasteiger partial charge on any atom is -0.187 e. The van der Waals surface area contributed by atoms with Crippen LogP contribution in [-0.4, -0.2) is 0 Å². The maximum absolute atomic E-state index is 4.04. The predicted octanol–water partition coefficient (Wildman–Crippen LogP) is 4.71. The van der Waals surface area contributed by atoms with Gasteiger partial charge in [-0.15, -0.1) is 0 Å². The SMILES string of the molecule is C=CC1c2ccccc2-c2cc(C)c(-c3ccccc3)c[n+]21. The van der Waals surface area contributed by atoms with Gasteiger partial charge in [-0.05, 0) is 30.2 Å². The zero-order valence-corrected chi connectivity index (χ0v) is 12.7. The molecule has 0 amide bonds. The van der Waals surface area contributed by atoms with Gasteiger partial charge in [-0.3, -0.25) is 0 Å². The first-order chi connectivity index (χ1) is 10.8. The standard InChI is InChI=1S/C21H18N/c1-3-20-17-11-7-8-12-18(17)21-13-15(2)19(14-22(20)21)16-9-5-4-6-10-16/h3-14,20H,1H2,2H3/q+1. The molecule has 2 aromatic carbocycles. The Morgan fingerprint density at radius 3 is 2.45 bits per heavy atom. The fraction of sp³-hybridized carbons (Fsp3) is 0.0952. The topological polar surface area (TPSA) is 3.88 Å². The summed E-state index contributed by atoms with van der Waals surface area (Å²) in [5.41, 5.74) is 7.77. The lowest BCUT2D eigenvalue weighted by Crippen LogP contribution is -2.36. The van der Waals surface area contributed by atoms with Crippen molar-refractivity contribution in [3.63, 3.8) is 0 Å². The molecule has 0 saturated carbocycles. The fourth-order valence-corrected chi connectivity index (χ4v) is 3.41. The first-order valence-corrected chi connectivity index (χ1v) is 7.62. The van der Waals surface area contributed by atoms with Crippen molar-refractivity contribution in [2.24, 2.45) is 0 Å². The Balaban J connectivity index is 1.97. The minimum atomic E-state index is 0.217.